The highest BCUT2D eigenvalue weighted by Crippen LogP contribution is 2.28. The molecule has 0 bridgehead atoms. The fourth-order valence-electron chi connectivity index (χ4n) is 2.86. The van der Waals surface area contributed by atoms with Crippen LogP contribution >= 0.6 is 11.6 Å². The Bertz CT molecular complexity index is 824. The van der Waals surface area contributed by atoms with Crippen LogP contribution in [0.4, 0.5) is 0 Å². The van der Waals surface area contributed by atoms with Gasteiger partial charge in [0.25, 0.3) is 5.91 Å². The third kappa shape index (κ3) is 5.05. The van der Waals surface area contributed by atoms with Gasteiger partial charge in [0.2, 0.25) is 5.88 Å². The first-order valence-corrected chi connectivity index (χ1v) is 9.37. The fraction of sp³-hybridized carbons (Fsp3) is 0.400. The molecule has 2 heterocycles. The molecule has 1 atom stereocenters. The molecule has 7 nitrogen and oxygen atoms in total. The average molecular weight is 407 g/mol. The van der Waals surface area contributed by atoms with Crippen LogP contribution in [0.25, 0.3) is 0 Å². The third-order valence-electron chi connectivity index (χ3n) is 4.38. The Labute approximate surface area is 168 Å². The van der Waals surface area contributed by atoms with Crippen LogP contribution in [0.3, 0.4) is 0 Å². The van der Waals surface area contributed by atoms with E-state index in [4.69, 9.17) is 30.5 Å². The Hall–Kier alpha value is -2.51. The summed E-state index contributed by atoms with van der Waals surface area (Å²) >= 11 is 6.21. The normalized spacial score (nSPS) is 15.9. The Balaban J connectivity index is 1.54. The number of methoxy groups -OCH3 is 2. The van der Waals surface area contributed by atoms with E-state index in [1.165, 1.54) is 6.20 Å². The van der Waals surface area contributed by atoms with Gasteiger partial charge in [-0.05, 0) is 30.2 Å². The molecule has 1 saturated heterocycles. The molecule has 1 N–H and O–H groups in total. The summed E-state index contributed by atoms with van der Waals surface area (Å²) in [5.74, 6) is 1.40. The van der Waals surface area contributed by atoms with Crippen LogP contribution in [-0.4, -0.2) is 51.0 Å². The highest BCUT2D eigenvalue weighted by atomic mass is 35.5. The number of pyridine rings is 1. The molecule has 8 heteroatoms. The van der Waals surface area contributed by atoms with Gasteiger partial charge in [0.1, 0.15) is 11.1 Å². The van der Waals surface area contributed by atoms with Crippen molar-refractivity contribution in [1.29, 1.82) is 0 Å². The molecule has 28 heavy (non-hydrogen) atoms. The van der Waals surface area contributed by atoms with E-state index >= 15 is 0 Å². The van der Waals surface area contributed by atoms with Crippen molar-refractivity contribution in [3.05, 3.63) is 46.6 Å². The van der Waals surface area contributed by atoms with Gasteiger partial charge in [-0.15, -0.1) is 0 Å². The summed E-state index contributed by atoms with van der Waals surface area (Å²) in [5, 5.41) is 3.17. The number of nitrogens with one attached hydrogen (secondary N) is 1. The number of hydrogen-bond acceptors (Lipinski definition) is 6. The highest BCUT2D eigenvalue weighted by Gasteiger charge is 2.20. The summed E-state index contributed by atoms with van der Waals surface area (Å²) in [4.78, 5) is 16.5. The summed E-state index contributed by atoms with van der Waals surface area (Å²) in [6.07, 6.45) is 2.86. The standard InChI is InChI=1S/C20H23ClN2O5/c1-25-17-4-3-13(9-18(17)26-2)5-7-22-19(24)14-10-16(21)20(23-11-14)28-15-6-8-27-12-15/h3-4,9-11,15H,5-8,12H2,1-2H3,(H,22,24). The van der Waals surface area contributed by atoms with Crippen molar-refractivity contribution in [1.82, 2.24) is 10.3 Å². The van der Waals surface area contributed by atoms with Crippen molar-refractivity contribution in [3.8, 4) is 17.4 Å². The van der Waals surface area contributed by atoms with Crippen molar-refractivity contribution >= 4 is 17.5 Å². The Morgan fingerprint density at radius 1 is 1.29 bits per heavy atom. The average Bonchev–Trinajstić information content (AvgIpc) is 3.22. The molecule has 0 aliphatic carbocycles. The van der Waals surface area contributed by atoms with Crippen LogP contribution in [0.2, 0.25) is 5.02 Å². The maximum absolute atomic E-state index is 12.4. The Morgan fingerprint density at radius 3 is 2.79 bits per heavy atom. The number of halogens is 1. The smallest absolute Gasteiger partial charge is 0.252 e. The summed E-state index contributed by atoms with van der Waals surface area (Å²) in [5.41, 5.74) is 1.41. The maximum atomic E-state index is 12.4. The molecule has 1 unspecified atom stereocenters. The number of amides is 1. The predicted molar refractivity (Wildman–Crippen MR) is 105 cm³/mol. The van der Waals surface area contributed by atoms with Gasteiger partial charge in [-0.3, -0.25) is 4.79 Å². The van der Waals surface area contributed by atoms with Crippen LogP contribution in [0, 0.1) is 0 Å². The van der Waals surface area contributed by atoms with E-state index in [0.29, 0.717) is 54.1 Å². The van der Waals surface area contributed by atoms with Gasteiger partial charge in [0.15, 0.2) is 11.5 Å². The quantitative estimate of drug-likeness (QED) is 0.726. The molecule has 3 rings (SSSR count). The molecule has 0 spiro atoms. The van der Waals surface area contributed by atoms with Gasteiger partial charge in [0, 0.05) is 19.2 Å². The van der Waals surface area contributed by atoms with Crippen molar-refractivity contribution in [2.24, 2.45) is 0 Å². The van der Waals surface area contributed by atoms with E-state index in [1.807, 2.05) is 18.2 Å². The molecule has 1 fully saturated rings. The first-order chi connectivity index (χ1) is 13.6. The highest BCUT2D eigenvalue weighted by molar-refractivity contribution is 6.32. The lowest BCUT2D eigenvalue weighted by molar-refractivity contribution is 0.0953. The number of benzene rings is 1. The minimum Gasteiger partial charge on any atom is -0.493 e. The van der Waals surface area contributed by atoms with E-state index in [1.54, 1.807) is 20.3 Å². The van der Waals surface area contributed by atoms with Crippen molar-refractivity contribution in [3.63, 3.8) is 0 Å². The van der Waals surface area contributed by atoms with Crippen LogP contribution < -0.4 is 19.5 Å². The van der Waals surface area contributed by atoms with Crippen molar-refractivity contribution < 1.29 is 23.7 Å². The van der Waals surface area contributed by atoms with Gasteiger partial charge in [-0.2, -0.15) is 0 Å². The number of hydrogen-bond donors (Lipinski definition) is 1. The summed E-state index contributed by atoms with van der Waals surface area (Å²) < 4.78 is 21.5. The van der Waals surface area contributed by atoms with Crippen LogP contribution in [0.15, 0.2) is 30.5 Å². The van der Waals surface area contributed by atoms with Crippen molar-refractivity contribution in [2.75, 3.05) is 34.0 Å². The zero-order chi connectivity index (χ0) is 19.9. The van der Waals surface area contributed by atoms with E-state index < -0.39 is 0 Å². The lowest BCUT2D eigenvalue weighted by Gasteiger charge is -2.13. The number of ether oxygens (including phenoxy) is 4. The van der Waals surface area contributed by atoms with E-state index in [-0.39, 0.29) is 12.0 Å². The fourth-order valence-corrected chi connectivity index (χ4v) is 3.07. The van der Waals surface area contributed by atoms with E-state index in [2.05, 4.69) is 10.3 Å². The predicted octanol–water partition coefficient (Wildman–Crippen LogP) is 2.89. The van der Waals surface area contributed by atoms with Gasteiger partial charge in [0.05, 0.1) is 33.0 Å². The molecular formula is C20H23ClN2O5. The second kappa shape index (κ2) is 9.61. The van der Waals surface area contributed by atoms with E-state index in [9.17, 15) is 4.79 Å². The van der Waals surface area contributed by atoms with Crippen molar-refractivity contribution in [2.45, 2.75) is 18.9 Å². The van der Waals surface area contributed by atoms with Crippen LogP contribution in [-0.2, 0) is 11.2 Å². The second-order valence-corrected chi connectivity index (χ2v) is 6.72. The first kappa shape index (κ1) is 20.2. The minimum absolute atomic E-state index is 0.0498. The number of rotatable bonds is 8. The zero-order valence-electron chi connectivity index (χ0n) is 15.9. The molecule has 1 aliphatic rings. The minimum atomic E-state index is -0.245. The Morgan fingerprint density at radius 2 is 2.11 bits per heavy atom. The second-order valence-electron chi connectivity index (χ2n) is 6.31. The number of aromatic nitrogens is 1. The molecule has 1 amide bonds. The summed E-state index contributed by atoms with van der Waals surface area (Å²) in [7, 11) is 3.18. The number of carbonyl (C=O) groups excluding carboxylic acids is 1. The number of nitrogens with zero attached hydrogens (tertiary/aromatic N) is 1. The van der Waals surface area contributed by atoms with Gasteiger partial charge >= 0.3 is 0 Å². The molecule has 2 aromatic rings. The summed E-state index contributed by atoms with van der Waals surface area (Å²) in [6, 6.07) is 7.23. The SMILES string of the molecule is COc1ccc(CCNC(=O)c2cnc(OC3CCOC3)c(Cl)c2)cc1OC. The molecular weight excluding hydrogens is 384 g/mol. The third-order valence-corrected chi connectivity index (χ3v) is 4.65. The first-order valence-electron chi connectivity index (χ1n) is 8.99. The molecule has 1 aliphatic heterocycles. The molecule has 0 saturated carbocycles. The van der Waals surface area contributed by atoms with Gasteiger partial charge in [-0.25, -0.2) is 4.98 Å². The van der Waals surface area contributed by atoms with E-state index in [0.717, 1.165) is 12.0 Å². The lowest BCUT2D eigenvalue weighted by atomic mass is 10.1. The molecule has 1 aromatic carbocycles. The summed E-state index contributed by atoms with van der Waals surface area (Å²) in [6.45, 7) is 1.66. The monoisotopic (exact) mass is 406 g/mol. The largest absolute Gasteiger partial charge is 0.493 e. The Kier molecular flexibility index (Phi) is 6.95. The lowest BCUT2D eigenvalue weighted by Crippen LogP contribution is -2.26. The molecule has 0 radical (unpaired) electrons. The molecule has 150 valence electrons. The van der Waals surface area contributed by atoms with Gasteiger partial charge in [-0.1, -0.05) is 17.7 Å². The van der Waals surface area contributed by atoms with Crippen LogP contribution in [0.5, 0.6) is 17.4 Å². The van der Waals surface area contributed by atoms with Crippen LogP contribution in [0.1, 0.15) is 22.3 Å². The number of carbonyl (C=O) groups is 1. The van der Waals surface area contributed by atoms with Gasteiger partial charge < -0.3 is 24.3 Å². The maximum Gasteiger partial charge on any atom is 0.252 e. The zero-order valence-corrected chi connectivity index (χ0v) is 16.6. The topological polar surface area (TPSA) is 78.9 Å². The molecule has 1 aromatic heterocycles.